The first kappa shape index (κ1) is 17.6. The molecule has 0 radical (unpaired) electrons. The number of benzene rings is 2. The lowest BCUT2D eigenvalue weighted by atomic mass is 10.1. The molecule has 0 fully saturated rings. The molecule has 2 heterocycles. The van der Waals surface area contributed by atoms with Crippen LogP contribution in [0.3, 0.4) is 0 Å². The van der Waals surface area contributed by atoms with Gasteiger partial charge in [0.15, 0.2) is 0 Å². The van der Waals surface area contributed by atoms with Crippen LogP contribution in [-0.4, -0.2) is 20.9 Å². The van der Waals surface area contributed by atoms with Gasteiger partial charge in [0.05, 0.1) is 16.8 Å². The van der Waals surface area contributed by atoms with Crippen LogP contribution >= 0.6 is 11.3 Å². The average molecular weight is 389 g/mol. The average Bonchev–Trinajstić information content (AvgIpc) is 3.39. The third-order valence-electron chi connectivity index (χ3n) is 3.98. The summed E-state index contributed by atoms with van der Waals surface area (Å²) in [5.41, 5.74) is 6.01. The lowest BCUT2D eigenvalue weighted by molar-refractivity contribution is -0.384. The molecule has 8 heteroatoms. The van der Waals surface area contributed by atoms with E-state index in [9.17, 15) is 10.1 Å². The van der Waals surface area contributed by atoms with E-state index in [2.05, 4.69) is 10.5 Å². The van der Waals surface area contributed by atoms with Gasteiger partial charge in [-0.05, 0) is 23.6 Å². The maximum atomic E-state index is 10.9. The first-order valence-corrected chi connectivity index (χ1v) is 9.31. The van der Waals surface area contributed by atoms with Gasteiger partial charge in [0, 0.05) is 29.5 Å². The maximum absolute atomic E-state index is 10.9. The van der Waals surface area contributed by atoms with E-state index < -0.39 is 4.92 Å². The highest BCUT2D eigenvalue weighted by Gasteiger charge is 2.11. The number of nitro benzene ring substituents is 1. The van der Waals surface area contributed by atoms with Gasteiger partial charge in [0.1, 0.15) is 10.7 Å². The molecule has 0 bridgehead atoms. The summed E-state index contributed by atoms with van der Waals surface area (Å²) in [6.45, 7) is 0. The number of rotatable bonds is 6. The first-order valence-electron chi connectivity index (χ1n) is 8.43. The number of nitrogens with one attached hydrogen (secondary N) is 1. The Hall–Kier alpha value is -3.78. The molecule has 7 nitrogen and oxygen atoms in total. The Labute approximate surface area is 164 Å². The second-order valence-electron chi connectivity index (χ2n) is 5.87. The van der Waals surface area contributed by atoms with Gasteiger partial charge in [-0.1, -0.05) is 36.4 Å². The minimum absolute atomic E-state index is 0.00990. The summed E-state index contributed by atoms with van der Waals surface area (Å²) in [5, 5.41) is 22.8. The van der Waals surface area contributed by atoms with E-state index in [1.54, 1.807) is 29.7 Å². The molecule has 1 N–H and O–H groups in total. The van der Waals surface area contributed by atoms with E-state index in [0.717, 1.165) is 21.8 Å². The van der Waals surface area contributed by atoms with E-state index in [1.165, 1.54) is 12.1 Å². The van der Waals surface area contributed by atoms with Gasteiger partial charge in [-0.3, -0.25) is 15.5 Å². The molecule has 4 rings (SSSR count). The Morgan fingerprint density at radius 3 is 2.71 bits per heavy atom. The zero-order valence-corrected chi connectivity index (χ0v) is 15.4. The lowest BCUT2D eigenvalue weighted by Crippen LogP contribution is -1.93. The van der Waals surface area contributed by atoms with Crippen LogP contribution in [-0.2, 0) is 0 Å². The highest BCUT2D eigenvalue weighted by Crippen LogP contribution is 2.24. The number of hydrazone groups is 1. The number of thiophene rings is 1. The number of nitrogens with zero attached hydrogens (tertiary/aromatic N) is 4. The quantitative estimate of drug-likeness (QED) is 0.287. The molecule has 0 aliphatic rings. The summed E-state index contributed by atoms with van der Waals surface area (Å²) >= 11 is 1.59. The molecule has 138 valence electrons. The zero-order chi connectivity index (χ0) is 19.3. The summed E-state index contributed by atoms with van der Waals surface area (Å²) in [5.74, 6) is 0. The smallest absolute Gasteiger partial charge is 0.271 e. The predicted octanol–water partition coefficient (Wildman–Crippen LogP) is 4.96. The number of aromatic nitrogens is 2. The van der Waals surface area contributed by atoms with Gasteiger partial charge in [0.2, 0.25) is 0 Å². The van der Waals surface area contributed by atoms with Crippen molar-refractivity contribution in [3.8, 4) is 16.3 Å². The van der Waals surface area contributed by atoms with Crippen molar-refractivity contribution in [3.63, 3.8) is 0 Å². The van der Waals surface area contributed by atoms with Crippen molar-refractivity contribution in [1.29, 1.82) is 0 Å². The Morgan fingerprint density at radius 1 is 1.11 bits per heavy atom. The number of nitro groups is 1. The second kappa shape index (κ2) is 7.85. The Kier molecular flexibility index (Phi) is 4.94. The highest BCUT2D eigenvalue weighted by molar-refractivity contribution is 7.12. The van der Waals surface area contributed by atoms with Crippen molar-refractivity contribution in [2.45, 2.75) is 0 Å². The van der Waals surface area contributed by atoms with E-state index in [-0.39, 0.29) is 5.69 Å². The zero-order valence-electron chi connectivity index (χ0n) is 14.6. The molecule has 0 saturated carbocycles. The van der Waals surface area contributed by atoms with E-state index in [4.69, 9.17) is 5.10 Å². The normalized spacial score (nSPS) is 11.0. The molecule has 0 unspecified atom stereocenters. The minimum atomic E-state index is -0.437. The van der Waals surface area contributed by atoms with Gasteiger partial charge in [-0.2, -0.15) is 10.2 Å². The van der Waals surface area contributed by atoms with E-state index in [0.29, 0.717) is 5.69 Å². The molecule has 28 heavy (non-hydrogen) atoms. The minimum Gasteiger partial charge on any atom is -0.278 e. The van der Waals surface area contributed by atoms with Crippen molar-refractivity contribution < 1.29 is 4.92 Å². The van der Waals surface area contributed by atoms with Crippen LogP contribution in [0.15, 0.2) is 83.4 Å². The molecular weight excluding hydrogens is 374 g/mol. The molecule has 0 spiro atoms. The van der Waals surface area contributed by atoms with Gasteiger partial charge in [-0.15, -0.1) is 11.3 Å². The molecule has 0 saturated heterocycles. The number of hydrogen-bond donors (Lipinski definition) is 1. The van der Waals surface area contributed by atoms with Gasteiger partial charge < -0.3 is 0 Å². The van der Waals surface area contributed by atoms with Gasteiger partial charge >= 0.3 is 0 Å². The summed E-state index contributed by atoms with van der Waals surface area (Å²) < 4.78 is 1.82. The molecule has 0 atom stereocenters. The number of anilines is 1. The molecule has 0 aliphatic carbocycles. The standard InChI is InChI=1S/C20H15N5O2S/c26-25(27)18-9-4-8-17(12-18)22-21-13-16-14-24(19-10-5-11-28-19)23-20(16)15-6-2-1-3-7-15/h1-14,22H. The topological polar surface area (TPSA) is 85.4 Å². The summed E-state index contributed by atoms with van der Waals surface area (Å²) in [6, 6.07) is 20.0. The molecule has 2 aromatic heterocycles. The van der Waals surface area contributed by atoms with Crippen molar-refractivity contribution in [2.75, 3.05) is 5.43 Å². The molecule has 2 aromatic carbocycles. The van der Waals surface area contributed by atoms with Crippen molar-refractivity contribution in [1.82, 2.24) is 9.78 Å². The Balaban J connectivity index is 1.64. The van der Waals surface area contributed by atoms with Gasteiger partial charge in [-0.25, -0.2) is 4.68 Å². The monoisotopic (exact) mass is 389 g/mol. The van der Waals surface area contributed by atoms with Crippen LogP contribution < -0.4 is 5.43 Å². The van der Waals surface area contributed by atoms with Crippen LogP contribution in [0.4, 0.5) is 11.4 Å². The van der Waals surface area contributed by atoms with E-state index >= 15 is 0 Å². The van der Waals surface area contributed by atoms with Crippen LogP contribution in [0, 0.1) is 10.1 Å². The second-order valence-corrected chi connectivity index (χ2v) is 6.80. The molecule has 4 aromatic rings. The Bertz CT molecular complexity index is 1120. The summed E-state index contributed by atoms with van der Waals surface area (Å²) in [4.78, 5) is 10.5. The summed E-state index contributed by atoms with van der Waals surface area (Å²) in [7, 11) is 0. The van der Waals surface area contributed by atoms with Crippen LogP contribution in [0.1, 0.15) is 5.56 Å². The SMILES string of the molecule is O=[N+]([O-])c1cccc(NN=Cc2cn(-c3cccs3)nc2-c2ccccc2)c1. The fourth-order valence-electron chi connectivity index (χ4n) is 2.68. The third kappa shape index (κ3) is 3.81. The van der Waals surface area contributed by atoms with Gasteiger partial charge in [0.25, 0.3) is 5.69 Å². The largest absolute Gasteiger partial charge is 0.278 e. The van der Waals surface area contributed by atoms with E-state index in [1.807, 2.05) is 58.7 Å². The van der Waals surface area contributed by atoms with Crippen LogP contribution in [0.25, 0.3) is 16.3 Å². The summed E-state index contributed by atoms with van der Waals surface area (Å²) in [6.07, 6.45) is 3.57. The number of non-ortho nitro benzene ring substituents is 1. The molecule has 0 amide bonds. The fraction of sp³-hybridized carbons (Fsp3) is 0. The van der Waals surface area contributed by atoms with Crippen LogP contribution in [0.5, 0.6) is 0 Å². The molecular formula is C20H15N5O2S. The highest BCUT2D eigenvalue weighted by atomic mass is 32.1. The van der Waals surface area contributed by atoms with Crippen LogP contribution in [0.2, 0.25) is 0 Å². The predicted molar refractivity (Wildman–Crippen MR) is 111 cm³/mol. The third-order valence-corrected chi connectivity index (χ3v) is 4.83. The first-order chi connectivity index (χ1) is 13.7. The van der Waals surface area contributed by atoms with Crippen molar-refractivity contribution in [3.05, 3.63) is 94.0 Å². The van der Waals surface area contributed by atoms with Crippen molar-refractivity contribution in [2.24, 2.45) is 5.10 Å². The fourth-order valence-corrected chi connectivity index (χ4v) is 3.34. The maximum Gasteiger partial charge on any atom is 0.271 e. The lowest BCUT2D eigenvalue weighted by Gasteiger charge is -2.00. The molecule has 0 aliphatic heterocycles. The number of hydrogen-bond acceptors (Lipinski definition) is 6. The Morgan fingerprint density at radius 2 is 1.96 bits per heavy atom. The van der Waals surface area contributed by atoms with Crippen molar-refractivity contribution >= 4 is 28.9 Å².